The Hall–Kier alpha value is -1.04. The molecule has 0 saturated heterocycles. The molecule has 0 unspecified atom stereocenters. The van der Waals surface area contributed by atoms with Crippen molar-refractivity contribution in [3.8, 4) is 0 Å². The van der Waals surface area contributed by atoms with Crippen LogP contribution in [0, 0.1) is 6.92 Å². The van der Waals surface area contributed by atoms with Crippen LogP contribution in [-0.4, -0.2) is 0 Å². The van der Waals surface area contributed by atoms with E-state index in [0.29, 0.717) is 0 Å². The van der Waals surface area contributed by atoms with Crippen LogP contribution in [0.15, 0.2) is 30.9 Å². The van der Waals surface area contributed by atoms with Crippen molar-refractivity contribution in [3.63, 3.8) is 0 Å². The molecule has 0 heteroatoms. The number of hydrogen-bond donors (Lipinski definition) is 0. The molecule has 0 nitrogen and oxygen atoms in total. The molecule has 0 amide bonds. The van der Waals surface area contributed by atoms with Gasteiger partial charge in [-0.3, -0.25) is 0 Å². The third-order valence-electron chi connectivity index (χ3n) is 2.40. The number of unbranched alkanes of at least 4 members (excludes halogenated alkanes) is 1. The first-order chi connectivity index (χ1) is 6.76. The van der Waals surface area contributed by atoms with E-state index in [0.717, 1.165) is 6.42 Å². The van der Waals surface area contributed by atoms with Gasteiger partial charge in [0.2, 0.25) is 0 Å². The Morgan fingerprint density at radius 1 is 1.21 bits per heavy atom. The van der Waals surface area contributed by atoms with E-state index in [4.69, 9.17) is 0 Å². The molecule has 76 valence electrons. The highest BCUT2D eigenvalue weighted by molar-refractivity contribution is 5.30. The smallest absolute Gasteiger partial charge is 0.00999 e. The average Bonchev–Trinajstić information content (AvgIpc) is 2.14. The zero-order valence-corrected chi connectivity index (χ0v) is 9.34. The molecule has 0 bridgehead atoms. The number of aryl methyl sites for hydroxylation is 2. The van der Waals surface area contributed by atoms with Crippen LogP contribution in [0.1, 0.15) is 36.5 Å². The van der Waals surface area contributed by atoms with Crippen LogP contribution in [0.25, 0.3) is 0 Å². The average molecular weight is 188 g/mol. The van der Waals surface area contributed by atoms with Gasteiger partial charge >= 0.3 is 0 Å². The molecule has 0 heterocycles. The van der Waals surface area contributed by atoms with Crippen molar-refractivity contribution in [1.82, 2.24) is 0 Å². The molecule has 0 N–H and O–H groups in total. The minimum Gasteiger partial charge on any atom is -0.103 e. The summed E-state index contributed by atoms with van der Waals surface area (Å²) in [4.78, 5) is 0. The van der Waals surface area contributed by atoms with Gasteiger partial charge in [-0.25, -0.2) is 0 Å². The lowest BCUT2D eigenvalue weighted by Gasteiger charge is -2.05. The van der Waals surface area contributed by atoms with Gasteiger partial charge in [0, 0.05) is 0 Å². The molecule has 0 fully saturated rings. The van der Waals surface area contributed by atoms with Crippen molar-refractivity contribution in [1.29, 1.82) is 0 Å². The second kappa shape index (κ2) is 5.64. The highest BCUT2D eigenvalue weighted by Gasteiger charge is 1.97. The Kier molecular flexibility index (Phi) is 4.45. The lowest BCUT2D eigenvalue weighted by atomic mass is 10.0. The summed E-state index contributed by atoms with van der Waals surface area (Å²) in [5.41, 5.74) is 4.24. The Morgan fingerprint density at radius 2 is 1.93 bits per heavy atom. The van der Waals surface area contributed by atoms with Crippen molar-refractivity contribution in [2.24, 2.45) is 0 Å². The van der Waals surface area contributed by atoms with Gasteiger partial charge < -0.3 is 0 Å². The third kappa shape index (κ3) is 3.37. The molecule has 14 heavy (non-hydrogen) atoms. The van der Waals surface area contributed by atoms with Gasteiger partial charge in [-0.05, 0) is 37.3 Å². The Bertz CT molecular complexity index is 297. The normalized spacial score (nSPS) is 10.1. The maximum atomic E-state index is 3.78. The molecule has 0 atom stereocenters. The van der Waals surface area contributed by atoms with Crippen molar-refractivity contribution in [2.75, 3.05) is 0 Å². The largest absolute Gasteiger partial charge is 0.103 e. The van der Waals surface area contributed by atoms with Gasteiger partial charge in [-0.1, -0.05) is 43.2 Å². The van der Waals surface area contributed by atoms with E-state index in [2.05, 4.69) is 38.6 Å². The van der Waals surface area contributed by atoms with E-state index in [9.17, 15) is 0 Å². The summed E-state index contributed by atoms with van der Waals surface area (Å²) >= 11 is 0. The molecule has 0 radical (unpaired) electrons. The summed E-state index contributed by atoms with van der Waals surface area (Å²) in [6.07, 6.45) is 6.73. The van der Waals surface area contributed by atoms with Crippen LogP contribution in [0.3, 0.4) is 0 Å². The standard InChI is InChI=1S/C14H20/c1-4-6-8-14-10-12(3)9-13(11-14)7-5-2/h5,9-11H,2,4,6-8H2,1,3H3. The molecule has 1 aromatic carbocycles. The van der Waals surface area contributed by atoms with Crippen LogP contribution in [0.2, 0.25) is 0 Å². The van der Waals surface area contributed by atoms with E-state index in [1.807, 2.05) is 6.08 Å². The van der Waals surface area contributed by atoms with Gasteiger partial charge in [0.15, 0.2) is 0 Å². The van der Waals surface area contributed by atoms with Gasteiger partial charge in [0.25, 0.3) is 0 Å². The fourth-order valence-electron chi connectivity index (χ4n) is 1.76. The topological polar surface area (TPSA) is 0 Å². The number of hydrogen-bond acceptors (Lipinski definition) is 0. The van der Waals surface area contributed by atoms with E-state index in [1.165, 1.54) is 36.0 Å². The molecule has 0 spiro atoms. The van der Waals surface area contributed by atoms with Gasteiger partial charge in [-0.2, -0.15) is 0 Å². The number of allylic oxidation sites excluding steroid dienone is 1. The Labute approximate surface area is 87.7 Å². The van der Waals surface area contributed by atoms with Crippen molar-refractivity contribution in [2.45, 2.75) is 39.5 Å². The monoisotopic (exact) mass is 188 g/mol. The Balaban J connectivity index is 2.77. The molecule has 0 aliphatic rings. The van der Waals surface area contributed by atoms with E-state index in [1.54, 1.807) is 0 Å². The lowest BCUT2D eigenvalue weighted by Crippen LogP contribution is -1.90. The maximum Gasteiger partial charge on any atom is -0.00999 e. The SMILES string of the molecule is C=CCc1cc(C)cc(CCCC)c1. The fraction of sp³-hybridized carbons (Fsp3) is 0.429. The number of rotatable bonds is 5. The van der Waals surface area contributed by atoms with E-state index < -0.39 is 0 Å². The zero-order valence-electron chi connectivity index (χ0n) is 9.34. The minimum atomic E-state index is 0.987. The maximum absolute atomic E-state index is 3.78. The molecule has 1 aromatic rings. The second-order valence-electron chi connectivity index (χ2n) is 3.92. The fourth-order valence-corrected chi connectivity index (χ4v) is 1.76. The van der Waals surface area contributed by atoms with Crippen LogP contribution in [0.4, 0.5) is 0 Å². The summed E-state index contributed by atoms with van der Waals surface area (Å²) in [5.74, 6) is 0. The highest BCUT2D eigenvalue weighted by atomic mass is 14.0. The lowest BCUT2D eigenvalue weighted by molar-refractivity contribution is 0.793. The van der Waals surface area contributed by atoms with E-state index >= 15 is 0 Å². The molecule has 1 rings (SSSR count). The van der Waals surface area contributed by atoms with Crippen LogP contribution >= 0.6 is 0 Å². The summed E-state index contributed by atoms with van der Waals surface area (Å²) < 4.78 is 0. The van der Waals surface area contributed by atoms with Gasteiger partial charge in [0.05, 0.1) is 0 Å². The highest BCUT2D eigenvalue weighted by Crippen LogP contribution is 2.13. The first-order valence-electron chi connectivity index (χ1n) is 5.46. The Morgan fingerprint density at radius 3 is 2.57 bits per heavy atom. The van der Waals surface area contributed by atoms with Crippen molar-refractivity contribution in [3.05, 3.63) is 47.5 Å². The quantitative estimate of drug-likeness (QED) is 0.611. The van der Waals surface area contributed by atoms with E-state index in [-0.39, 0.29) is 0 Å². The molecule has 0 saturated carbocycles. The minimum absolute atomic E-state index is 0.987. The zero-order chi connectivity index (χ0) is 10.4. The molecule has 0 aliphatic carbocycles. The second-order valence-corrected chi connectivity index (χ2v) is 3.92. The van der Waals surface area contributed by atoms with Crippen molar-refractivity contribution < 1.29 is 0 Å². The predicted octanol–water partition coefficient (Wildman–Crippen LogP) is 4.07. The van der Waals surface area contributed by atoms with Crippen molar-refractivity contribution >= 4 is 0 Å². The summed E-state index contributed by atoms with van der Waals surface area (Å²) in [6, 6.07) is 6.85. The number of benzene rings is 1. The molecular weight excluding hydrogens is 168 g/mol. The summed E-state index contributed by atoms with van der Waals surface area (Å²) in [6.45, 7) is 8.18. The van der Waals surface area contributed by atoms with Gasteiger partial charge in [-0.15, -0.1) is 6.58 Å². The van der Waals surface area contributed by atoms with Crippen LogP contribution in [0.5, 0.6) is 0 Å². The summed E-state index contributed by atoms with van der Waals surface area (Å²) in [5, 5.41) is 0. The van der Waals surface area contributed by atoms with Gasteiger partial charge in [0.1, 0.15) is 0 Å². The molecular formula is C14H20. The third-order valence-corrected chi connectivity index (χ3v) is 2.40. The first kappa shape index (κ1) is 11.0. The molecule has 0 aliphatic heterocycles. The molecule has 0 aromatic heterocycles. The summed E-state index contributed by atoms with van der Waals surface area (Å²) in [7, 11) is 0. The van der Waals surface area contributed by atoms with Crippen LogP contribution < -0.4 is 0 Å². The van der Waals surface area contributed by atoms with Crippen LogP contribution in [-0.2, 0) is 12.8 Å². The predicted molar refractivity (Wildman–Crippen MR) is 63.7 cm³/mol. The first-order valence-corrected chi connectivity index (χ1v) is 5.46.